The molecule has 10 heteroatoms. The van der Waals surface area contributed by atoms with Crippen molar-refractivity contribution in [1.82, 2.24) is 20.3 Å². The Hall–Kier alpha value is -1.40. The molecule has 1 atom stereocenters. The van der Waals surface area contributed by atoms with Gasteiger partial charge in [0.15, 0.2) is 5.96 Å². The Labute approximate surface area is 202 Å². The van der Waals surface area contributed by atoms with E-state index in [1.54, 1.807) is 31.3 Å². The van der Waals surface area contributed by atoms with E-state index in [1.807, 2.05) is 11.8 Å². The summed E-state index contributed by atoms with van der Waals surface area (Å²) in [6.07, 6.45) is 5.26. The Morgan fingerprint density at radius 1 is 1.13 bits per heavy atom. The van der Waals surface area contributed by atoms with Crippen LogP contribution in [0.2, 0.25) is 0 Å². The predicted octanol–water partition coefficient (Wildman–Crippen LogP) is 1.85. The zero-order valence-electron chi connectivity index (χ0n) is 18.3. The highest BCUT2D eigenvalue weighted by Crippen LogP contribution is 2.27. The summed E-state index contributed by atoms with van der Waals surface area (Å²) in [5.74, 6) is 1.12. The first-order chi connectivity index (χ1) is 14.4. The van der Waals surface area contributed by atoms with Crippen molar-refractivity contribution >= 4 is 45.9 Å². The Morgan fingerprint density at radius 2 is 1.81 bits per heavy atom. The van der Waals surface area contributed by atoms with Gasteiger partial charge in [-0.15, -0.1) is 24.0 Å². The third-order valence-electron chi connectivity index (χ3n) is 5.81. The van der Waals surface area contributed by atoms with Gasteiger partial charge < -0.3 is 15.5 Å². The van der Waals surface area contributed by atoms with Gasteiger partial charge in [-0.25, -0.2) is 13.1 Å². The molecule has 2 fully saturated rings. The molecule has 3 rings (SSSR count). The first kappa shape index (κ1) is 25.9. The number of carbonyl (C=O) groups is 1. The highest BCUT2D eigenvalue weighted by Gasteiger charge is 2.32. The third kappa shape index (κ3) is 7.31. The van der Waals surface area contributed by atoms with E-state index in [0.29, 0.717) is 25.0 Å². The van der Waals surface area contributed by atoms with Gasteiger partial charge in [-0.3, -0.25) is 9.79 Å². The molecule has 0 radical (unpaired) electrons. The van der Waals surface area contributed by atoms with Crippen LogP contribution >= 0.6 is 24.0 Å². The fourth-order valence-corrected chi connectivity index (χ4v) is 5.10. The molecule has 1 aliphatic heterocycles. The van der Waals surface area contributed by atoms with Gasteiger partial charge in [-0.2, -0.15) is 0 Å². The van der Waals surface area contributed by atoms with Crippen molar-refractivity contribution in [2.24, 2.45) is 10.9 Å². The number of amides is 1. The highest BCUT2D eigenvalue weighted by atomic mass is 127. The fraction of sp³-hybridized carbons (Fsp3) is 0.619. The third-order valence-corrected chi connectivity index (χ3v) is 7.29. The minimum Gasteiger partial charge on any atom is -0.355 e. The SMILES string of the molecule is CN=C(NCCNS(=O)(=O)c1ccc(C)cc1)NC1CCN(C(=O)C2CCCC2)C1.I. The first-order valence-electron chi connectivity index (χ1n) is 10.7. The molecule has 1 aliphatic carbocycles. The summed E-state index contributed by atoms with van der Waals surface area (Å²) in [5.41, 5.74) is 1.01. The summed E-state index contributed by atoms with van der Waals surface area (Å²) < 4.78 is 27.2. The van der Waals surface area contributed by atoms with Gasteiger partial charge in [0.2, 0.25) is 15.9 Å². The van der Waals surface area contributed by atoms with Gasteiger partial charge in [-0.05, 0) is 38.3 Å². The van der Waals surface area contributed by atoms with Crippen LogP contribution in [0.1, 0.15) is 37.7 Å². The quantitative estimate of drug-likeness (QED) is 0.204. The maximum absolute atomic E-state index is 12.6. The van der Waals surface area contributed by atoms with Crippen LogP contribution in [0.5, 0.6) is 0 Å². The number of nitrogens with one attached hydrogen (secondary N) is 3. The standard InChI is InChI=1S/C21H33N5O3S.HI/c1-16-7-9-19(10-8-16)30(28,29)24-13-12-23-21(22-2)25-18-11-14-26(15-18)20(27)17-5-3-4-6-17;/h7-10,17-18,24H,3-6,11-15H2,1-2H3,(H2,22,23,25);1H. The molecular weight excluding hydrogens is 529 g/mol. The van der Waals surface area contributed by atoms with E-state index in [-0.39, 0.29) is 47.4 Å². The van der Waals surface area contributed by atoms with Crippen LogP contribution in [0.25, 0.3) is 0 Å². The molecule has 0 aromatic heterocycles. The number of carbonyl (C=O) groups excluding carboxylic acids is 1. The number of aliphatic imine (C=N–C) groups is 1. The van der Waals surface area contributed by atoms with Crippen molar-refractivity contribution in [1.29, 1.82) is 0 Å². The van der Waals surface area contributed by atoms with Crippen molar-refractivity contribution in [3.8, 4) is 0 Å². The number of likely N-dealkylation sites (tertiary alicyclic amines) is 1. The molecule has 174 valence electrons. The number of guanidine groups is 1. The van der Waals surface area contributed by atoms with Crippen molar-refractivity contribution in [2.75, 3.05) is 33.2 Å². The van der Waals surface area contributed by atoms with Crippen molar-refractivity contribution < 1.29 is 13.2 Å². The topological polar surface area (TPSA) is 103 Å². The zero-order valence-corrected chi connectivity index (χ0v) is 21.4. The van der Waals surface area contributed by atoms with Crippen LogP contribution in [-0.2, 0) is 14.8 Å². The van der Waals surface area contributed by atoms with Crippen molar-refractivity contribution in [2.45, 2.75) is 50.0 Å². The van der Waals surface area contributed by atoms with Crippen LogP contribution in [0.15, 0.2) is 34.2 Å². The Kier molecular flexibility index (Phi) is 10.0. The molecule has 1 saturated heterocycles. The largest absolute Gasteiger partial charge is 0.355 e. The number of rotatable bonds is 7. The minimum absolute atomic E-state index is 0. The lowest BCUT2D eigenvalue weighted by Crippen LogP contribution is -2.47. The van der Waals surface area contributed by atoms with Crippen LogP contribution in [0.3, 0.4) is 0 Å². The summed E-state index contributed by atoms with van der Waals surface area (Å²) in [6.45, 7) is 4.03. The fourth-order valence-electron chi connectivity index (χ4n) is 4.06. The van der Waals surface area contributed by atoms with Crippen LogP contribution in [0.4, 0.5) is 0 Å². The molecular formula is C21H34IN5O3S. The molecule has 1 heterocycles. The second kappa shape index (κ2) is 12.0. The van der Waals surface area contributed by atoms with Gasteiger partial charge in [0.1, 0.15) is 0 Å². The Morgan fingerprint density at radius 3 is 2.45 bits per heavy atom. The second-order valence-electron chi connectivity index (χ2n) is 8.11. The number of benzene rings is 1. The zero-order chi connectivity index (χ0) is 21.6. The molecule has 2 aliphatic rings. The van der Waals surface area contributed by atoms with E-state index in [9.17, 15) is 13.2 Å². The van der Waals surface area contributed by atoms with Gasteiger partial charge in [0, 0.05) is 45.2 Å². The lowest BCUT2D eigenvalue weighted by Gasteiger charge is -2.21. The van der Waals surface area contributed by atoms with Crippen molar-refractivity contribution in [3.63, 3.8) is 0 Å². The summed E-state index contributed by atoms with van der Waals surface area (Å²) in [6, 6.07) is 6.92. The Balaban J connectivity index is 0.00000341. The average Bonchev–Trinajstić information content (AvgIpc) is 3.42. The molecule has 1 amide bonds. The van der Waals surface area contributed by atoms with E-state index < -0.39 is 10.0 Å². The number of hydrogen-bond acceptors (Lipinski definition) is 4. The maximum atomic E-state index is 12.6. The Bertz CT molecular complexity index is 854. The van der Waals surface area contributed by atoms with E-state index in [2.05, 4.69) is 20.3 Å². The van der Waals surface area contributed by atoms with Crippen LogP contribution in [0, 0.1) is 12.8 Å². The molecule has 3 N–H and O–H groups in total. The average molecular weight is 564 g/mol. The molecule has 0 spiro atoms. The monoisotopic (exact) mass is 563 g/mol. The summed E-state index contributed by atoms with van der Waals surface area (Å²) in [5, 5.41) is 6.48. The number of halogens is 1. The molecule has 31 heavy (non-hydrogen) atoms. The number of hydrogen-bond donors (Lipinski definition) is 3. The molecule has 1 unspecified atom stereocenters. The number of aryl methyl sites for hydroxylation is 1. The molecule has 1 aromatic carbocycles. The lowest BCUT2D eigenvalue weighted by molar-refractivity contribution is -0.134. The van der Waals surface area contributed by atoms with Crippen LogP contribution < -0.4 is 15.4 Å². The summed E-state index contributed by atoms with van der Waals surface area (Å²) >= 11 is 0. The lowest BCUT2D eigenvalue weighted by atomic mass is 10.1. The number of nitrogens with zero attached hydrogens (tertiary/aromatic N) is 2. The molecule has 1 aromatic rings. The van der Waals surface area contributed by atoms with Gasteiger partial charge in [-0.1, -0.05) is 30.5 Å². The molecule has 1 saturated carbocycles. The van der Waals surface area contributed by atoms with Crippen molar-refractivity contribution in [3.05, 3.63) is 29.8 Å². The summed E-state index contributed by atoms with van der Waals surface area (Å²) in [4.78, 5) is 19.0. The van der Waals surface area contributed by atoms with Gasteiger partial charge in [0.25, 0.3) is 0 Å². The van der Waals surface area contributed by atoms with Gasteiger partial charge in [0.05, 0.1) is 4.90 Å². The normalized spacial score (nSPS) is 19.9. The first-order valence-corrected chi connectivity index (χ1v) is 12.2. The van der Waals surface area contributed by atoms with E-state index in [4.69, 9.17) is 0 Å². The van der Waals surface area contributed by atoms with E-state index in [0.717, 1.165) is 44.2 Å². The second-order valence-corrected chi connectivity index (χ2v) is 9.87. The van der Waals surface area contributed by atoms with Crippen LogP contribution in [-0.4, -0.2) is 64.5 Å². The predicted molar refractivity (Wildman–Crippen MR) is 133 cm³/mol. The highest BCUT2D eigenvalue weighted by molar-refractivity contribution is 14.0. The smallest absolute Gasteiger partial charge is 0.240 e. The minimum atomic E-state index is -3.52. The van der Waals surface area contributed by atoms with E-state index in [1.165, 1.54) is 0 Å². The number of sulfonamides is 1. The summed E-state index contributed by atoms with van der Waals surface area (Å²) in [7, 11) is -1.84. The molecule has 8 nitrogen and oxygen atoms in total. The van der Waals surface area contributed by atoms with E-state index >= 15 is 0 Å². The van der Waals surface area contributed by atoms with Gasteiger partial charge >= 0.3 is 0 Å². The molecule has 0 bridgehead atoms. The maximum Gasteiger partial charge on any atom is 0.240 e.